The van der Waals surface area contributed by atoms with Crippen LogP contribution in [0.1, 0.15) is 28.3 Å². The van der Waals surface area contributed by atoms with Gasteiger partial charge < -0.3 is 15.2 Å². The van der Waals surface area contributed by atoms with Crippen LogP contribution in [0.15, 0.2) is 72.8 Å². The number of hydrogen-bond acceptors (Lipinski definition) is 3. The Balaban J connectivity index is 2.05. The molecular formula is C27H18F15NO2. The van der Waals surface area contributed by atoms with E-state index in [4.69, 9.17) is 4.74 Å². The van der Waals surface area contributed by atoms with E-state index in [1.54, 1.807) is 0 Å². The zero-order valence-corrected chi connectivity index (χ0v) is 21.8. The molecule has 0 bridgehead atoms. The van der Waals surface area contributed by atoms with Gasteiger partial charge in [-0.1, -0.05) is 42.5 Å². The van der Waals surface area contributed by atoms with Crippen molar-refractivity contribution in [1.82, 2.24) is 5.32 Å². The number of hydrogen-bond donors (Lipinski definition) is 2. The minimum Gasteiger partial charge on any atom is -0.457 e. The minimum atomic E-state index is -6.70. The molecular weight excluding hydrogens is 655 g/mol. The molecule has 0 saturated carbocycles. The quantitative estimate of drug-likeness (QED) is 0.211. The second-order valence-electron chi connectivity index (χ2n) is 9.45. The highest BCUT2D eigenvalue weighted by molar-refractivity contribution is 5.42. The molecule has 0 aliphatic rings. The fraction of sp³-hybridized carbons (Fsp3) is 0.333. The molecule has 0 fully saturated rings. The molecule has 0 aliphatic carbocycles. The summed E-state index contributed by atoms with van der Waals surface area (Å²) in [5.74, 6) is -18.7. The standard InChI is InChI=1S/C27H18F15NO2/c28-22(29,25(35,36)27(40,41)42)16-6-1-4-14(10-16)21(43-13-20(44)24(32,33)34)15-5-2-8-18(11-15)45-19-9-3-7-17(12-19)23(30,31)26(37,38)39/h1-12,20-21,43-44H,13H2/t20-,21?/m1/s1. The van der Waals surface area contributed by atoms with Crippen molar-refractivity contribution in [2.24, 2.45) is 0 Å². The maximum absolute atomic E-state index is 14.4. The van der Waals surface area contributed by atoms with Gasteiger partial charge in [0.25, 0.3) is 0 Å². The van der Waals surface area contributed by atoms with E-state index in [0.29, 0.717) is 18.2 Å². The Morgan fingerprint density at radius 2 is 1.04 bits per heavy atom. The van der Waals surface area contributed by atoms with Gasteiger partial charge in [0.1, 0.15) is 11.5 Å². The van der Waals surface area contributed by atoms with Crippen molar-refractivity contribution in [1.29, 1.82) is 0 Å². The minimum absolute atomic E-state index is 0.160. The molecule has 18 heteroatoms. The highest BCUT2D eigenvalue weighted by Crippen LogP contribution is 2.52. The van der Waals surface area contributed by atoms with Crippen LogP contribution in [0.4, 0.5) is 65.9 Å². The highest BCUT2D eigenvalue weighted by atomic mass is 19.4. The lowest BCUT2D eigenvalue weighted by atomic mass is 9.93. The number of halogens is 15. The van der Waals surface area contributed by atoms with Gasteiger partial charge in [0.15, 0.2) is 6.10 Å². The molecule has 0 saturated heterocycles. The van der Waals surface area contributed by atoms with Crippen molar-refractivity contribution in [2.45, 2.75) is 48.4 Å². The first-order valence-electron chi connectivity index (χ1n) is 12.1. The van der Waals surface area contributed by atoms with Crippen LogP contribution < -0.4 is 10.1 Å². The first-order valence-corrected chi connectivity index (χ1v) is 12.1. The largest absolute Gasteiger partial charge is 0.460 e. The Morgan fingerprint density at radius 3 is 1.56 bits per heavy atom. The van der Waals surface area contributed by atoms with Crippen LogP contribution in [-0.2, 0) is 11.8 Å². The zero-order chi connectivity index (χ0) is 34.2. The predicted molar refractivity (Wildman–Crippen MR) is 126 cm³/mol. The fourth-order valence-electron chi connectivity index (χ4n) is 3.86. The lowest BCUT2D eigenvalue weighted by molar-refractivity contribution is -0.359. The molecule has 0 spiro atoms. The summed E-state index contributed by atoms with van der Waals surface area (Å²) in [6, 6.07) is 6.88. The van der Waals surface area contributed by atoms with Crippen molar-refractivity contribution in [3.8, 4) is 11.5 Å². The zero-order valence-electron chi connectivity index (χ0n) is 21.8. The van der Waals surface area contributed by atoms with Crippen molar-refractivity contribution >= 4 is 0 Å². The van der Waals surface area contributed by atoms with Gasteiger partial charge in [-0.2, -0.15) is 65.9 Å². The van der Waals surface area contributed by atoms with Gasteiger partial charge in [-0.25, -0.2) is 0 Å². The van der Waals surface area contributed by atoms with E-state index in [9.17, 15) is 71.0 Å². The number of nitrogens with one attached hydrogen (secondary N) is 1. The summed E-state index contributed by atoms with van der Waals surface area (Å²) in [6.07, 6.45) is -21.0. The lowest BCUT2D eigenvalue weighted by Gasteiger charge is -2.29. The molecule has 45 heavy (non-hydrogen) atoms. The normalized spacial score (nSPS) is 15.1. The maximum atomic E-state index is 14.4. The van der Waals surface area contributed by atoms with E-state index in [1.165, 1.54) is 0 Å². The summed E-state index contributed by atoms with van der Waals surface area (Å²) >= 11 is 0. The van der Waals surface area contributed by atoms with E-state index < -0.39 is 77.4 Å². The molecule has 3 rings (SSSR count). The Morgan fingerprint density at radius 1 is 0.578 bits per heavy atom. The second kappa shape index (κ2) is 12.3. The molecule has 3 aromatic rings. The fourth-order valence-corrected chi connectivity index (χ4v) is 3.86. The van der Waals surface area contributed by atoms with Crippen LogP contribution >= 0.6 is 0 Å². The first kappa shape index (κ1) is 35.8. The number of benzene rings is 3. The maximum Gasteiger partial charge on any atom is 0.460 e. The third-order valence-electron chi connectivity index (χ3n) is 6.21. The number of aliphatic hydroxyl groups excluding tert-OH is 1. The van der Waals surface area contributed by atoms with Gasteiger partial charge in [0, 0.05) is 17.7 Å². The molecule has 0 amide bonds. The Hall–Kier alpha value is -3.67. The number of ether oxygens (including phenoxy) is 1. The summed E-state index contributed by atoms with van der Waals surface area (Å²) in [4.78, 5) is 0. The third-order valence-corrected chi connectivity index (χ3v) is 6.21. The van der Waals surface area contributed by atoms with Gasteiger partial charge in [-0.05, 0) is 41.5 Å². The van der Waals surface area contributed by atoms with Gasteiger partial charge >= 0.3 is 36.3 Å². The van der Waals surface area contributed by atoms with Crippen LogP contribution in [-0.4, -0.2) is 42.2 Å². The first-order chi connectivity index (χ1) is 20.4. The molecule has 1 unspecified atom stereocenters. The summed E-state index contributed by atoms with van der Waals surface area (Å²) in [6.45, 7) is -1.35. The van der Waals surface area contributed by atoms with Gasteiger partial charge in [0.2, 0.25) is 0 Å². The average Bonchev–Trinajstić information content (AvgIpc) is 2.92. The summed E-state index contributed by atoms with van der Waals surface area (Å²) in [5.41, 5.74) is -4.23. The molecule has 0 radical (unpaired) electrons. The van der Waals surface area contributed by atoms with E-state index in [2.05, 4.69) is 5.32 Å². The van der Waals surface area contributed by atoms with E-state index >= 15 is 0 Å². The topological polar surface area (TPSA) is 41.5 Å². The Kier molecular flexibility index (Phi) is 9.76. The van der Waals surface area contributed by atoms with Crippen molar-refractivity contribution in [2.75, 3.05) is 6.54 Å². The molecule has 0 aromatic heterocycles. The summed E-state index contributed by atoms with van der Waals surface area (Å²) < 4.78 is 204. The third kappa shape index (κ3) is 7.59. The highest BCUT2D eigenvalue weighted by Gasteiger charge is 2.73. The average molecular weight is 673 g/mol. The monoisotopic (exact) mass is 673 g/mol. The van der Waals surface area contributed by atoms with Gasteiger partial charge in [-0.3, -0.25) is 0 Å². The molecule has 2 atom stereocenters. The molecule has 0 heterocycles. The number of alkyl halides is 15. The van der Waals surface area contributed by atoms with E-state index in [1.807, 2.05) is 0 Å². The van der Waals surface area contributed by atoms with Crippen LogP contribution in [0.3, 0.4) is 0 Å². The summed E-state index contributed by atoms with van der Waals surface area (Å²) in [5, 5.41) is 11.5. The molecule has 3 nitrogen and oxygen atoms in total. The summed E-state index contributed by atoms with van der Waals surface area (Å²) in [7, 11) is 0. The van der Waals surface area contributed by atoms with Crippen molar-refractivity contribution in [3.63, 3.8) is 0 Å². The molecule has 2 N–H and O–H groups in total. The Bertz CT molecular complexity index is 1470. The second-order valence-corrected chi connectivity index (χ2v) is 9.45. The van der Waals surface area contributed by atoms with Crippen molar-refractivity contribution in [3.05, 3.63) is 95.1 Å². The smallest absolute Gasteiger partial charge is 0.457 e. The molecule has 0 aliphatic heterocycles. The van der Waals surface area contributed by atoms with Crippen LogP contribution in [0.25, 0.3) is 0 Å². The lowest BCUT2D eigenvalue weighted by Crippen LogP contribution is -2.50. The molecule has 248 valence electrons. The van der Waals surface area contributed by atoms with Crippen LogP contribution in [0.2, 0.25) is 0 Å². The number of aliphatic hydroxyl groups is 1. The predicted octanol–water partition coefficient (Wildman–Crippen LogP) is 9.02. The number of rotatable bonds is 10. The Labute approximate surface area is 243 Å². The van der Waals surface area contributed by atoms with Crippen LogP contribution in [0.5, 0.6) is 11.5 Å². The van der Waals surface area contributed by atoms with Gasteiger partial charge in [-0.15, -0.1) is 0 Å². The van der Waals surface area contributed by atoms with Gasteiger partial charge in [0.05, 0.1) is 6.04 Å². The van der Waals surface area contributed by atoms with E-state index in [-0.39, 0.29) is 23.4 Å². The van der Waals surface area contributed by atoms with Crippen molar-refractivity contribution < 1.29 is 75.7 Å². The molecule has 3 aromatic carbocycles. The SMILES string of the molecule is O[C@H](CNC(c1cccc(Oc2cccc(C(F)(F)C(F)(F)F)c2)c1)c1cccc(C(F)(F)C(F)(F)C(F)(F)F)c1)C(F)(F)F. The van der Waals surface area contributed by atoms with E-state index in [0.717, 1.165) is 42.5 Å². The van der Waals surface area contributed by atoms with Crippen LogP contribution in [0, 0.1) is 0 Å².